The van der Waals surface area contributed by atoms with Gasteiger partial charge in [0.2, 0.25) is 0 Å². The molecule has 0 aromatic carbocycles. The van der Waals surface area contributed by atoms with E-state index in [1.165, 1.54) is 0 Å². The summed E-state index contributed by atoms with van der Waals surface area (Å²) >= 11 is 0. The van der Waals surface area contributed by atoms with Crippen molar-refractivity contribution in [1.29, 1.82) is 0 Å². The molecule has 1 fully saturated rings. The molecule has 0 radical (unpaired) electrons. The maximum Gasteiger partial charge on any atom is 0.134 e. The van der Waals surface area contributed by atoms with E-state index in [9.17, 15) is 5.11 Å². The van der Waals surface area contributed by atoms with Gasteiger partial charge in [0.25, 0.3) is 0 Å². The van der Waals surface area contributed by atoms with E-state index in [2.05, 4.69) is 0 Å². The van der Waals surface area contributed by atoms with Crippen molar-refractivity contribution in [3.63, 3.8) is 0 Å². The van der Waals surface area contributed by atoms with Crippen LogP contribution in [0.5, 0.6) is 0 Å². The minimum absolute atomic E-state index is 0.802. The highest BCUT2D eigenvalue weighted by atomic mass is 16.4. The lowest BCUT2D eigenvalue weighted by atomic mass is 9.97. The van der Waals surface area contributed by atoms with E-state index in [1.54, 1.807) is 0 Å². The smallest absolute Gasteiger partial charge is 0.134 e. The van der Waals surface area contributed by atoms with Crippen molar-refractivity contribution in [3.8, 4) is 0 Å². The minimum atomic E-state index is -2.02. The van der Waals surface area contributed by atoms with Crippen LogP contribution < -0.4 is 5.73 Å². The van der Waals surface area contributed by atoms with Crippen molar-refractivity contribution in [2.45, 2.75) is 30.0 Å². The zero-order valence-electron chi connectivity index (χ0n) is 6.33. The SMILES string of the molecule is N[C@@H]1[C@H](O)[C@H](O)[C@@H](O)[C@]1(O)CO. The lowest BCUT2D eigenvalue weighted by Gasteiger charge is -2.28. The van der Waals surface area contributed by atoms with Gasteiger partial charge in [-0.1, -0.05) is 0 Å². The first kappa shape index (κ1) is 9.85. The molecule has 0 aliphatic heterocycles. The van der Waals surface area contributed by atoms with Gasteiger partial charge in [0.05, 0.1) is 12.6 Å². The quantitative estimate of drug-likeness (QED) is 0.244. The average Bonchev–Trinajstić information content (AvgIpc) is 2.22. The van der Waals surface area contributed by atoms with Crippen molar-refractivity contribution >= 4 is 0 Å². The molecular weight excluding hydrogens is 166 g/mol. The predicted octanol–water partition coefficient (Wildman–Crippen LogP) is -3.87. The van der Waals surface area contributed by atoms with Crippen molar-refractivity contribution in [2.75, 3.05) is 6.61 Å². The van der Waals surface area contributed by atoms with E-state index in [1.807, 2.05) is 0 Å². The zero-order valence-corrected chi connectivity index (χ0v) is 6.33. The van der Waals surface area contributed by atoms with E-state index < -0.39 is 36.6 Å². The molecule has 0 bridgehead atoms. The number of nitrogens with two attached hydrogens (primary N) is 1. The van der Waals surface area contributed by atoms with Crippen LogP contribution in [0.4, 0.5) is 0 Å². The van der Waals surface area contributed by atoms with Gasteiger partial charge in [0.1, 0.15) is 23.9 Å². The molecular formula is C6H13NO5. The largest absolute Gasteiger partial charge is 0.393 e. The predicted molar refractivity (Wildman–Crippen MR) is 38.0 cm³/mol. The van der Waals surface area contributed by atoms with Crippen LogP contribution >= 0.6 is 0 Å². The molecule has 0 unspecified atom stereocenters. The first-order valence-electron chi connectivity index (χ1n) is 3.58. The van der Waals surface area contributed by atoms with E-state index in [0.29, 0.717) is 0 Å². The Morgan fingerprint density at radius 3 is 1.83 bits per heavy atom. The fraction of sp³-hybridized carbons (Fsp3) is 1.00. The Balaban J connectivity index is 2.90. The molecule has 1 saturated carbocycles. The minimum Gasteiger partial charge on any atom is -0.393 e. The van der Waals surface area contributed by atoms with E-state index in [-0.39, 0.29) is 0 Å². The lowest BCUT2D eigenvalue weighted by Crippen LogP contribution is -2.55. The normalized spacial score (nSPS) is 54.5. The molecule has 0 spiro atoms. The third kappa shape index (κ3) is 1.05. The molecule has 0 aromatic rings. The molecule has 0 amide bonds. The van der Waals surface area contributed by atoms with Crippen LogP contribution in [0.25, 0.3) is 0 Å². The van der Waals surface area contributed by atoms with Crippen molar-refractivity contribution < 1.29 is 25.5 Å². The van der Waals surface area contributed by atoms with Gasteiger partial charge in [-0.3, -0.25) is 0 Å². The van der Waals surface area contributed by atoms with Gasteiger partial charge >= 0.3 is 0 Å². The summed E-state index contributed by atoms with van der Waals surface area (Å²) in [6.45, 7) is -0.802. The van der Waals surface area contributed by atoms with E-state index >= 15 is 0 Å². The van der Waals surface area contributed by atoms with Gasteiger partial charge in [0.15, 0.2) is 0 Å². The Bertz CT molecular complexity index is 161. The Morgan fingerprint density at radius 1 is 1.17 bits per heavy atom. The van der Waals surface area contributed by atoms with E-state index in [4.69, 9.17) is 26.2 Å². The molecule has 7 N–H and O–H groups in total. The summed E-state index contributed by atoms with van der Waals surface area (Å²) in [6, 6.07) is -1.24. The number of hydrogen-bond donors (Lipinski definition) is 6. The van der Waals surface area contributed by atoms with Crippen LogP contribution in [0.15, 0.2) is 0 Å². The van der Waals surface area contributed by atoms with Gasteiger partial charge in [-0.05, 0) is 0 Å². The van der Waals surface area contributed by atoms with Gasteiger partial charge in [-0.25, -0.2) is 0 Å². The van der Waals surface area contributed by atoms with Crippen LogP contribution in [0.2, 0.25) is 0 Å². The zero-order chi connectivity index (χ0) is 9.52. The topological polar surface area (TPSA) is 127 Å². The molecule has 1 rings (SSSR count). The van der Waals surface area contributed by atoms with Crippen LogP contribution in [0.3, 0.4) is 0 Å². The highest BCUT2D eigenvalue weighted by Gasteiger charge is 2.57. The Labute approximate surface area is 68.9 Å². The van der Waals surface area contributed by atoms with Crippen LogP contribution in [0, 0.1) is 0 Å². The molecule has 0 saturated heterocycles. The van der Waals surface area contributed by atoms with Crippen LogP contribution in [0.1, 0.15) is 0 Å². The first-order valence-corrected chi connectivity index (χ1v) is 3.58. The second-order valence-electron chi connectivity index (χ2n) is 3.10. The van der Waals surface area contributed by atoms with Crippen LogP contribution in [-0.2, 0) is 0 Å². The Kier molecular flexibility index (Phi) is 2.39. The monoisotopic (exact) mass is 179 g/mol. The number of aliphatic hydroxyl groups is 5. The summed E-state index contributed by atoms with van der Waals surface area (Å²) in [6.07, 6.45) is -4.55. The summed E-state index contributed by atoms with van der Waals surface area (Å²) in [5, 5.41) is 45.4. The highest BCUT2D eigenvalue weighted by molar-refractivity contribution is 5.11. The molecule has 1 aliphatic carbocycles. The maximum absolute atomic E-state index is 9.43. The molecule has 0 aromatic heterocycles. The molecule has 6 heteroatoms. The third-order valence-corrected chi connectivity index (χ3v) is 2.38. The number of aliphatic hydroxyl groups excluding tert-OH is 4. The molecule has 1 aliphatic rings. The summed E-state index contributed by atoms with van der Waals surface area (Å²) in [4.78, 5) is 0. The molecule has 72 valence electrons. The Hall–Kier alpha value is -0.240. The number of hydrogen-bond acceptors (Lipinski definition) is 6. The molecule has 0 heterocycles. The maximum atomic E-state index is 9.43. The summed E-state index contributed by atoms with van der Waals surface area (Å²) < 4.78 is 0. The molecule has 12 heavy (non-hydrogen) atoms. The second-order valence-corrected chi connectivity index (χ2v) is 3.10. The lowest BCUT2D eigenvalue weighted by molar-refractivity contribution is -0.116. The van der Waals surface area contributed by atoms with Crippen molar-refractivity contribution in [1.82, 2.24) is 0 Å². The number of rotatable bonds is 1. The fourth-order valence-electron chi connectivity index (χ4n) is 1.39. The molecule has 5 atom stereocenters. The van der Waals surface area contributed by atoms with Gasteiger partial charge < -0.3 is 31.3 Å². The first-order chi connectivity index (χ1) is 5.45. The van der Waals surface area contributed by atoms with Crippen LogP contribution in [-0.4, -0.2) is 62.1 Å². The van der Waals surface area contributed by atoms with Gasteiger partial charge in [-0.2, -0.15) is 0 Å². The third-order valence-electron chi connectivity index (χ3n) is 2.38. The van der Waals surface area contributed by atoms with E-state index in [0.717, 1.165) is 0 Å². The Morgan fingerprint density at radius 2 is 1.67 bits per heavy atom. The van der Waals surface area contributed by atoms with Gasteiger partial charge in [0, 0.05) is 0 Å². The second kappa shape index (κ2) is 2.91. The summed E-state index contributed by atoms with van der Waals surface area (Å²) in [7, 11) is 0. The standard InChI is InChI=1S/C6H13NO5/c7-4-2(9)3(10)5(11)6(4,12)1-8/h2-5,8-12H,1,7H2/t2-,3+,4-,5-,6+/m1/s1. The van der Waals surface area contributed by atoms with Crippen molar-refractivity contribution in [3.05, 3.63) is 0 Å². The summed E-state index contributed by atoms with van der Waals surface area (Å²) in [5.41, 5.74) is 3.25. The molecule has 6 nitrogen and oxygen atoms in total. The van der Waals surface area contributed by atoms with Crippen molar-refractivity contribution in [2.24, 2.45) is 5.73 Å². The summed E-state index contributed by atoms with van der Waals surface area (Å²) in [5.74, 6) is 0. The van der Waals surface area contributed by atoms with Gasteiger partial charge in [-0.15, -0.1) is 0 Å². The average molecular weight is 179 g/mol. The fourth-order valence-corrected chi connectivity index (χ4v) is 1.39. The highest BCUT2D eigenvalue weighted by Crippen LogP contribution is 2.29.